The molecule has 3 aromatic rings. The van der Waals surface area contributed by atoms with Crippen LogP contribution in [-0.4, -0.2) is 38.5 Å². The molecule has 8 heteroatoms. The number of aromatic nitrogens is 1. The first-order valence-corrected chi connectivity index (χ1v) is 9.04. The van der Waals surface area contributed by atoms with Gasteiger partial charge in [0, 0.05) is 17.7 Å². The molecule has 0 fully saturated rings. The van der Waals surface area contributed by atoms with Gasteiger partial charge in [-0.1, -0.05) is 5.16 Å². The fourth-order valence-corrected chi connectivity index (χ4v) is 3.00. The van der Waals surface area contributed by atoms with Gasteiger partial charge in [-0.2, -0.15) is 0 Å². The summed E-state index contributed by atoms with van der Waals surface area (Å²) in [4.78, 5) is 12.5. The molecule has 1 aliphatic heterocycles. The second-order valence-corrected chi connectivity index (χ2v) is 6.33. The van der Waals surface area contributed by atoms with Crippen LogP contribution in [0.5, 0.6) is 23.0 Å². The van der Waals surface area contributed by atoms with E-state index < -0.39 is 0 Å². The Morgan fingerprint density at radius 1 is 1.03 bits per heavy atom. The van der Waals surface area contributed by atoms with E-state index in [1.54, 1.807) is 31.4 Å². The molecule has 0 saturated heterocycles. The summed E-state index contributed by atoms with van der Waals surface area (Å²) in [6.07, 6.45) is 0.0500. The SMILES string of the molecule is COc1ccc(OC)c(NC(=O)Cc2cc(-c3ccc4c(c3)OCCO4)on2)c1. The first-order valence-electron chi connectivity index (χ1n) is 9.04. The van der Waals surface area contributed by atoms with Crippen LogP contribution in [0.25, 0.3) is 11.3 Å². The van der Waals surface area contributed by atoms with Crippen molar-refractivity contribution >= 4 is 11.6 Å². The Morgan fingerprint density at radius 3 is 2.66 bits per heavy atom. The number of amides is 1. The molecule has 0 aliphatic carbocycles. The molecule has 2 heterocycles. The minimum Gasteiger partial charge on any atom is -0.497 e. The molecule has 1 amide bonds. The number of carbonyl (C=O) groups excluding carboxylic acids is 1. The van der Waals surface area contributed by atoms with Crippen molar-refractivity contribution in [2.24, 2.45) is 0 Å². The fraction of sp³-hybridized carbons (Fsp3) is 0.238. The van der Waals surface area contributed by atoms with Crippen molar-refractivity contribution < 1.29 is 28.3 Å². The van der Waals surface area contributed by atoms with Crippen LogP contribution >= 0.6 is 0 Å². The monoisotopic (exact) mass is 396 g/mol. The average molecular weight is 396 g/mol. The van der Waals surface area contributed by atoms with E-state index in [0.29, 0.717) is 53.4 Å². The molecule has 1 aliphatic rings. The lowest BCUT2D eigenvalue weighted by Gasteiger charge is -2.18. The van der Waals surface area contributed by atoms with E-state index in [1.165, 1.54) is 7.11 Å². The zero-order chi connectivity index (χ0) is 20.2. The number of ether oxygens (including phenoxy) is 4. The molecule has 0 bridgehead atoms. The van der Waals surface area contributed by atoms with Gasteiger partial charge in [-0.3, -0.25) is 4.79 Å². The number of hydrogen-bond donors (Lipinski definition) is 1. The summed E-state index contributed by atoms with van der Waals surface area (Å²) in [7, 11) is 3.09. The van der Waals surface area contributed by atoms with Gasteiger partial charge >= 0.3 is 0 Å². The number of carbonyl (C=O) groups is 1. The first kappa shape index (κ1) is 18.7. The van der Waals surface area contributed by atoms with E-state index in [9.17, 15) is 4.79 Å². The highest BCUT2D eigenvalue weighted by molar-refractivity contribution is 5.93. The lowest BCUT2D eigenvalue weighted by Crippen LogP contribution is -2.15. The molecule has 1 aromatic heterocycles. The van der Waals surface area contributed by atoms with Crippen LogP contribution in [0.15, 0.2) is 47.0 Å². The van der Waals surface area contributed by atoms with Crippen LogP contribution in [0.3, 0.4) is 0 Å². The van der Waals surface area contributed by atoms with Crippen molar-refractivity contribution in [2.75, 3.05) is 32.8 Å². The van der Waals surface area contributed by atoms with Gasteiger partial charge in [0.15, 0.2) is 17.3 Å². The lowest BCUT2D eigenvalue weighted by atomic mass is 10.1. The zero-order valence-corrected chi connectivity index (χ0v) is 16.1. The molecule has 4 rings (SSSR count). The smallest absolute Gasteiger partial charge is 0.230 e. The second-order valence-electron chi connectivity index (χ2n) is 6.33. The van der Waals surface area contributed by atoms with E-state index >= 15 is 0 Å². The van der Waals surface area contributed by atoms with Crippen LogP contribution in [0.1, 0.15) is 5.69 Å². The number of nitrogens with zero attached hydrogens (tertiary/aromatic N) is 1. The molecule has 0 saturated carbocycles. The van der Waals surface area contributed by atoms with E-state index in [2.05, 4.69) is 10.5 Å². The summed E-state index contributed by atoms with van der Waals surface area (Å²) < 4.78 is 27.0. The number of methoxy groups -OCH3 is 2. The van der Waals surface area contributed by atoms with Gasteiger partial charge in [-0.25, -0.2) is 0 Å². The maximum atomic E-state index is 12.5. The molecule has 0 atom stereocenters. The predicted octanol–water partition coefficient (Wildman–Crippen LogP) is 3.31. The maximum Gasteiger partial charge on any atom is 0.230 e. The molecule has 0 radical (unpaired) electrons. The Morgan fingerprint density at radius 2 is 1.86 bits per heavy atom. The number of rotatable bonds is 6. The Labute approximate surface area is 167 Å². The fourth-order valence-electron chi connectivity index (χ4n) is 3.00. The van der Waals surface area contributed by atoms with Crippen molar-refractivity contribution in [3.8, 4) is 34.3 Å². The summed E-state index contributed by atoms with van der Waals surface area (Å²) in [6.45, 7) is 1.04. The van der Waals surface area contributed by atoms with Crippen LogP contribution in [0, 0.1) is 0 Å². The molecule has 1 N–H and O–H groups in total. The highest BCUT2D eigenvalue weighted by atomic mass is 16.6. The quantitative estimate of drug-likeness (QED) is 0.683. The van der Waals surface area contributed by atoms with Gasteiger partial charge in [0.1, 0.15) is 24.7 Å². The summed E-state index contributed by atoms with van der Waals surface area (Å²) in [5.74, 6) is 2.81. The third-order valence-corrected chi connectivity index (χ3v) is 4.41. The van der Waals surface area contributed by atoms with Crippen LogP contribution in [-0.2, 0) is 11.2 Å². The minimum absolute atomic E-state index is 0.0500. The number of benzene rings is 2. The Balaban J connectivity index is 1.46. The Kier molecular flexibility index (Phi) is 5.24. The second kappa shape index (κ2) is 8.14. The van der Waals surface area contributed by atoms with Crippen LogP contribution < -0.4 is 24.3 Å². The standard InChI is InChI=1S/C21H20N2O6/c1-25-15-4-6-17(26-2)16(12-15)22-21(24)11-14-10-19(29-23-14)13-3-5-18-20(9-13)28-8-7-27-18/h3-6,9-10,12H,7-8,11H2,1-2H3,(H,22,24). The van der Waals surface area contributed by atoms with Gasteiger partial charge in [-0.15, -0.1) is 0 Å². The molecule has 2 aromatic carbocycles. The van der Waals surface area contributed by atoms with E-state index in [-0.39, 0.29) is 12.3 Å². The summed E-state index contributed by atoms with van der Waals surface area (Å²) in [6, 6.07) is 12.4. The van der Waals surface area contributed by atoms with Gasteiger partial charge in [0.05, 0.1) is 32.0 Å². The highest BCUT2D eigenvalue weighted by Gasteiger charge is 2.16. The predicted molar refractivity (Wildman–Crippen MR) is 105 cm³/mol. The largest absolute Gasteiger partial charge is 0.497 e. The van der Waals surface area contributed by atoms with E-state index in [0.717, 1.165) is 5.56 Å². The Bertz CT molecular complexity index is 1030. The van der Waals surface area contributed by atoms with Gasteiger partial charge in [0.25, 0.3) is 0 Å². The molecule has 8 nitrogen and oxygen atoms in total. The van der Waals surface area contributed by atoms with E-state index in [1.807, 2.05) is 18.2 Å². The molecule has 150 valence electrons. The number of anilines is 1. The number of hydrogen-bond acceptors (Lipinski definition) is 7. The lowest BCUT2D eigenvalue weighted by molar-refractivity contribution is -0.115. The molecule has 0 spiro atoms. The van der Waals surface area contributed by atoms with Crippen molar-refractivity contribution in [3.63, 3.8) is 0 Å². The van der Waals surface area contributed by atoms with Gasteiger partial charge in [-0.05, 0) is 30.3 Å². The highest BCUT2D eigenvalue weighted by Crippen LogP contribution is 2.35. The van der Waals surface area contributed by atoms with E-state index in [4.69, 9.17) is 23.5 Å². The molecular formula is C21H20N2O6. The number of fused-ring (bicyclic) bond motifs is 1. The van der Waals surface area contributed by atoms with Gasteiger partial charge in [0.2, 0.25) is 5.91 Å². The van der Waals surface area contributed by atoms with Crippen molar-refractivity contribution in [1.82, 2.24) is 5.16 Å². The average Bonchev–Trinajstić information content (AvgIpc) is 3.21. The van der Waals surface area contributed by atoms with Gasteiger partial charge < -0.3 is 28.8 Å². The molecular weight excluding hydrogens is 376 g/mol. The number of nitrogens with one attached hydrogen (secondary N) is 1. The Hall–Kier alpha value is -3.68. The van der Waals surface area contributed by atoms with Crippen LogP contribution in [0.2, 0.25) is 0 Å². The zero-order valence-electron chi connectivity index (χ0n) is 16.1. The first-order chi connectivity index (χ1) is 14.2. The van der Waals surface area contributed by atoms with Crippen molar-refractivity contribution in [2.45, 2.75) is 6.42 Å². The summed E-state index contributed by atoms with van der Waals surface area (Å²) in [5, 5.41) is 6.81. The maximum absolute atomic E-state index is 12.5. The minimum atomic E-state index is -0.251. The summed E-state index contributed by atoms with van der Waals surface area (Å²) >= 11 is 0. The normalized spacial score (nSPS) is 12.3. The van der Waals surface area contributed by atoms with Crippen molar-refractivity contribution in [3.05, 3.63) is 48.2 Å². The topological polar surface area (TPSA) is 92.1 Å². The molecule has 0 unspecified atom stereocenters. The van der Waals surface area contributed by atoms with Crippen LogP contribution in [0.4, 0.5) is 5.69 Å². The molecule has 29 heavy (non-hydrogen) atoms. The third kappa shape index (κ3) is 4.11. The summed E-state index contributed by atoms with van der Waals surface area (Å²) in [5.41, 5.74) is 1.82. The van der Waals surface area contributed by atoms with Crippen molar-refractivity contribution in [1.29, 1.82) is 0 Å². The third-order valence-electron chi connectivity index (χ3n) is 4.41.